The van der Waals surface area contributed by atoms with Crippen molar-refractivity contribution in [3.8, 4) is 0 Å². The number of para-hydroxylation sites is 1. The highest BCUT2D eigenvalue weighted by Gasteiger charge is 2.29. The van der Waals surface area contributed by atoms with Crippen molar-refractivity contribution in [2.24, 2.45) is 11.8 Å². The molecule has 30 heavy (non-hydrogen) atoms. The smallest absolute Gasteiger partial charge is 0.0411 e. The molecule has 2 atom stereocenters. The minimum absolute atomic E-state index is 0.570. The highest BCUT2D eigenvalue weighted by Crippen LogP contribution is 2.31. The quantitative estimate of drug-likeness (QED) is 0.460. The maximum Gasteiger partial charge on any atom is 0.0411 e. The first-order valence-corrected chi connectivity index (χ1v) is 11.4. The van der Waals surface area contributed by atoms with Gasteiger partial charge in [-0.25, -0.2) is 0 Å². The van der Waals surface area contributed by atoms with Gasteiger partial charge >= 0.3 is 0 Å². The van der Waals surface area contributed by atoms with Crippen molar-refractivity contribution in [2.45, 2.75) is 26.2 Å². The van der Waals surface area contributed by atoms with Gasteiger partial charge in [0.2, 0.25) is 0 Å². The summed E-state index contributed by atoms with van der Waals surface area (Å²) in [6.07, 6.45) is 1.13. The summed E-state index contributed by atoms with van der Waals surface area (Å²) in [6, 6.07) is 28.0. The van der Waals surface area contributed by atoms with Crippen LogP contribution in [-0.2, 0) is 6.42 Å². The van der Waals surface area contributed by atoms with E-state index in [9.17, 15) is 0 Å². The first kappa shape index (κ1) is 21.0. The van der Waals surface area contributed by atoms with Crippen molar-refractivity contribution in [3.63, 3.8) is 0 Å². The van der Waals surface area contributed by atoms with E-state index in [1.54, 1.807) is 0 Å². The van der Waals surface area contributed by atoms with Crippen LogP contribution in [0.5, 0.6) is 0 Å². The lowest BCUT2D eigenvalue weighted by molar-refractivity contribution is 0.423. The highest BCUT2D eigenvalue weighted by molar-refractivity contribution is 6.30. The highest BCUT2D eigenvalue weighted by atomic mass is 35.5. The Labute approximate surface area is 185 Å². The second-order valence-corrected chi connectivity index (χ2v) is 9.14. The molecule has 3 aromatic carbocycles. The van der Waals surface area contributed by atoms with Crippen LogP contribution in [0.2, 0.25) is 5.02 Å². The predicted octanol–water partition coefficient (Wildman–Crippen LogP) is 6.68. The van der Waals surface area contributed by atoms with E-state index in [0.29, 0.717) is 17.8 Å². The first-order chi connectivity index (χ1) is 14.6. The summed E-state index contributed by atoms with van der Waals surface area (Å²) in [4.78, 5) is 2.44. The van der Waals surface area contributed by atoms with E-state index in [1.165, 1.54) is 22.5 Å². The molecular weight excluding hydrogens is 388 g/mol. The van der Waals surface area contributed by atoms with Crippen LogP contribution in [0.25, 0.3) is 0 Å². The molecule has 3 aromatic rings. The fraction of sp³-hybridized carbons (Fsp3) is 0.333. The normalized spacial score (nSPS) is 18.7. The van der Waals surface area contributed by atoms with Gasteiger partial charge in [0.05, 0.1) is 0 Å². The molecule has 0 radical (unpaired) electrons. The number of anilines is 2. The molecule has 4 rings (SSSR count). The fourth-order valence-electron chi connectivity index (χ4n) is 4.45. The Morgan fingerprint density at radius 2 is 1.57 bits per heavy atom. The maximum absolute atomic E-state index is 6.15. The number of hydrogen-bond acceptors (Lipinski definition) is 2. The lowest BCUT2D eigenvalue weighted by Crippen LogP contribution is -2.30. The van der Waals surface area contributed by atoms with Gasteiger partial charge in [0.15, 0.2) is 0 Å². The van der Waals surface area contributed by atoms with Gasteiger partial charge in [-0.1, -0.05) is 67.9 Å². The number of rotatable bonds is 7. The van der Waals surface area contributed by atoms with Gasteiger partial charge in [0, 0.05) is 22.9 Å². The molecule has 0 saturated carbocycles. The monoisotopic (exact) mass is 418 g/mol. The summed E-state index contributed by atoms with van der Waals surface area (Å²) in [7, 11) is 0. The number of nitrogens with one attached hydrogen (secondary N) is 1. The van der Waals surface area contributed by atoms with Crippen molar-refractivity contribution < 1.29 is 0 Å². The van der Waals surface area contributed by atoms with Gasteiger partial charge in [-0.2, -0.15) is 0 Å². The van der Waals surface area contributed by atoms with Gasteiger partial charge in [-0.15, -0.1) is 0 Å². The molecule has 156 valence electrons. The lowest BCUT2D eigenvalue weighted by Gasteiger charge is -2.30. The molecule has 1 fully saturated rings. The van der Waals surface area contributed by atoms with Crippen molar-refractivity contribution >= 4 is 23.0 Å². The summed E-state index contributed by atoms with van der Waals surface area (Å²) in [6.45, 7) is 7.67. The molecule has 0 spiro atoms. The summed E-state index contributed by atoms with van der Waals surface area (Å²) in [5.74, 6) is 1.79. The predicted molar refractivity (Wildman–Crippen MR) is 129 cm³/mol. The topological polar surface area (TPSA) is 15.3 Å². The minimum atomic E-state index is 0.570. The Balaban J connectivity index is 1.54. The second-order valence-electron chi connectivity index (χ2n) is 8.70. The summed E-state index contributed by atoms with van der Waals surface area (Å²) in [5, 5.41) is 4.42. The molecule has 3 heteroatoms. The Kier molecular flexibility index (Phi) is 6.76. The zero-order valence-electron chi connectivity index (χ0n) is 17.9. The van der Waals surface area contributed by atoms with Crippen LogP contribution in [0.4, 0.5) is 11.4 Å². The Morgan fingerprint density at radius 1 is 0.867 bits per heavy atom. The Bertz CT molecular complexity index is 937. The zero-order chi connectivity index (χ0) is 20.9. The first-order valence-electron chi connectivity index (χ1n) is 11.0. The van der Waals surface area contributed by atoms with Crippen LogP contribution in [0.3, 0.4) is 0 Å². The minimum Gasteiger partial charge on any atom is -0.341 e. The second kappa shape index (κ2) is 9.68. The SMILES string of the molecule is CC(C)c1cccc(CC2CNCC2CN(c2ccccc2)c2ccc(Cl)cc2)c1. The molecule has 0 aromatic heterocycles. The number of halogens is 1. The average molecular weight is 419 g/mol. The molecule has 2 nitrogen and oxygen atoms in total. The molecule has 1 N–H and O–H groups in total. The van der Waals surface area contributed by atoms with E-state index in [1.807, 2.05) is 12.1 Å². The van der Waals surface area contributed by atoms with Crippen LogP contribution in [0.15, 0.2) is 78.9 Å². The van der Waals surface area contributed by atoms with Crippen molar-refractivity contribution in [1.82, 2.24) is 5.32 Å². The van der Waals surface area contributed by atoms with Gasteiger partial charge in [-0.05, 0) is 84.8 Å². The van der Waals surface area contributed by atoms with Crippen LogP contribution >= 0.6 is 11.6 Å². The molecule has 0 bridgehead atoms. The number of nitrogens with zero attached hydrogens (tertiary/aromatic N) is 1. The summed E-state index contributed by atoms with van der Waals surface area (Å²) < 4.78 is 0. The van der Waals surface area contributed by atoms with Crippen LogP contribution in [0.1, 0.15) is 30.9 Å². The molecule has 1 aliphatic heterocycles. The van der Waals surface area contributed by atoms with Crippen LogP contribution in [-0.4, -0.2) is 19.6 Å². The summed E-state index contributed by atoms with van der Waals surface area (Å²) >= 11 is 6.15. The van der Waals surface area contributed by atoms with E-state index in [2.05, 4.69) is 90.8 Å². The van der Waals surface area contributed by atoms with Crippen LogP contribution < -0.4 is 10.2 Å². The van der Waals surface area contributed by atoms with E-state index >= 15 is 0 Å². The van der Waals surface area contributed by atoms with Gasteiger partial charge in [-0.3, -0.25) is 0 Å². The van der Waals surface area contributed by atoms with Gasteiger partial charge in [0.1, 0.15) is 0 Å². The molecule has 1 heterocycles. The summed E-state index contributed by atoms with van der Waals surface area (Å²) in [5.41, 5.74) is 5.31. The number of hydrogen-bond donors (Lipinski definition) is 1. The average Bonchev–Trinajstić information content (AvgIpc) is 3.20. The molecule has 1 saturated heterocycles. The maximum atomic E-state index is 6.15. The van der Waals surface area contributed by atoms with E-state index in [4.69, 9.17) is 11.6 Å². The largest absolute Gasteiger partial charge is 0.341 e. The molecular formula is C27H31ClN2. The lowest BCUT2D eigenvalue weighted by atomic mass is 9.88. The number of benzene rings is 3. The third kappa shape index (κ3) is 5.06. The van der Waals surface area contributed by atoms with E-state index in [-0.39, 0.29) is 0 Å². The molecule has 0 amide bonds. The standard InChI is InChI=1S/C27H31ClN2/c1-20(2)22-8-6-7-21(15-22)16-23-17-29-18-24(23)19-30(26-9-4-3-5-10-26)27-13-11-25(28)12-14-27/h3-15,20,23-24,29H,16-19H2,1-2H3. The van der Waals surface area contributed by atoms with E-state index in [0.717, 1.165) is 31.1 Å². The van der Waals surface area contributed by atoms with Crippen molar-refractivity contribution in [1.29, 1.82) is 0 Å². The molecule has 2 unspecified atom stereocenters. The third-order valence-electron chi connectivity index (χ3n) is 6.22. The zero-order valence-corrected chi connectivity index (χ0v) is 18.6. The molecule has 0 aliphatic carbocycles. The van der Waals surface area contributed by atoms with Crippen molar-refractivity contribution in [2.75, 3.05) is 24.5 Å². The Morgan fingerprint density at radius 3 is 2.30 bits per heavy atom. The fourth-order valence-corrected chi connectivity index (χ4v) is 4.57. The van der Waals surface area contributed by atoms with Crippen molar-refractivity contribution in [3.05, 3.63) is 95.0 Å². The Hall–Kier alpha value is -2.29. The van der Waals surface area contributed by atoms with Crippen LogP contribution in [0, 0.1) is 11.8 Å². The third-order valence-corrected chi connectivity index (χ3v) is 6.47. The molecule has 1 aliphatic rings. The van der Waals surface area contributed by atoms with E-state index < -0.39 is 0 Å². The van der Waals surface area contributed by atoms with Gasteiger partial charge in [0.25, 0.3) is 0 Å². The van der Waals surface area contributed by atoms with Gasteiger partial charge < -0.3 is 10.2 Å².